The van der Waals surface area contributed by atoms with Crippen molar-refractivity contribution in [2.45, 2.75) is 12.5 Å². The standard InChI is InChI=1S/C24H27FN2O5/c1-26(2)12-5-13-27-21(15-6-8-16(25)9-7-15)20(23(29)24(27)30)22(28)18-11-10-17(31-3)14-19(18)32-4/h6-11,14,21,28H,5,12-13H2,1-4H3/b22-20+. The fraction of sp³-hybridized carbons (Fsp3) is 0.333. The molecular formula is C24H27FN2O5. The molecule has 0 spiro atoms. The van der Waals surface area contributed by atoms with Gasteiger partial charge in [-0.05, 0) is 56.9 Å². The number of aliphatic hydroxyl groups is 1. The van der Waals surface area contributed by atoms with Gasteiger partial charge in [-0.25, -0.2) is 4.39 Å². The molecule has 0 radical (unpaired) electrons. The van der Waals surface area contributed by atoms with Crippen molar-refractivity contribution in [3.8, 4) is 11.5 Å². The number of ether oxygens (including phenoxy) is 2. The monoisotopic (exact) mass is 442 g/mol. The summed E-state index contributed by atoms with van der Waals surface area (Å²) in [7, 11) is 6.77. The van der Waals surface area contributed by atoms with E-state index in [4.69, 9.17) is 9.47 Å². The van der Waals surface area contributed by atoms with Crippen molar-refractivity contribution in [2.75, 3.05) is 41.4 Å². The van der Waals surface area contributed by atoms with Crippen molar-refractivity contribution < 1.29 is 28.6 Å². The van der Waals surface area contributed by atoms with E-state index < -0.39 is 23.5 Å². The number of halogens is 1. The Kier molecular flexibility index (Phi) is 7.15. The highest BCUT2D eigenvalue weighted by molar-refractivity contribution is 6.46. The number of Topliss-reactive ketones (excluding diaryl/α,β-unsaturated/α-hetero) is 1. The average molecular weight is 442 g/mol. The van der Waals surface area contributed by atoms with E-state index in [-0.39, 0.29) is 16.9 Å². The fourth-order valence-corrected chi connectivity index (χ4v) is 3.80. The van der Waals surface area contributed by atoms with Gasteiger partial charge >= 0.3 is 0 Å². The van der Waals surface area contributed by atoms with Crippen molar-refractivity contribution >= 4 is 17.4 Å². The van der Waals surface area contributed by atoms with Crippen LogP contribution in [0, 0.1) is 5.82 Å². The van der Waals surface area contributed by atoms with Crippen LogP contribution in [0.2, 0.25) is 0 Å². The van der Waals surface area contributed by atoms with E-state index in [1.165, 1.54) is 43.4 Å². The van der Waals surface area contributed by atoms with Gasteiger partial charge in [0.15, 0.2) is 0 Å². The van der Waals surface area contributed by atoms with Crippen LogP contribution >= 0.6 is 0 Å². The molecule has 7 nitrogen and oxygen atoms in total. The molecule has 1 N–H and O–H groups in total. The number of amides is 1. The SMILES string of the molecule is COc1ccc(/C(O)=C2\C(=O)C(=O)N(CCCN(C)C)C2c2ccc(F)cc2)c(OC)c1. The summed E-state index contributed by atoms with van der Waals surface area (Å²) in [5.41, 5.74) is 0.728. The molecule has 0 aromatic heterocycles. The highest BCUT2D eigenvalue weighted by Gasteiger charge is 2.46. The number of hydrogen-bond acceptors (Lipinski definition) is 6. The quantitative estimate of drug-likeness (QED) is 0.384. The predicted octanol–water partition coefficient (Wildman–Crippen LogP) is 3.22. The van der Waals surface area contributed by atoms with E-state index in [1.807, 2.05) is 19.0 Å². The molecular weight excluding hydrogens is 415 g/mol. The van der Waals surface area contributed by atoms with Crippen LogP contribution in [0.1, 0.15) is 23.6 Å². The smallest absolute Gasteiger partial charge is 0.295 e. The summed E-state index contributed by atoms with van der Waals surface area (Å²) >= 11 is 0. The highest BCUT2D eigenvalue weighted by Crippen LogP contribution is 2.41. The zero-order valence-corrected chi connectivity index (χ0v) is 18.6. The normalized spacial score (nSPS) is 17.8. The van der Waals surface area contributed by atoms with Crippen molar-refractivity contribution in [2.24, 2.45) is 0 Å². The molecule has 1 saturated heterocycles. The molecule has 1 heterocycles. The highest BCUT2D eigenvalue weighted by atomic mass is 19.1. The van der Waals surface area contributed by atoms with Crippen molar-refractivity contribution in [1.82, 2.24) is 9.80 Å². The Morgan fingerprint density at radius 2 is 1.78 bits per heavy atom. The maximum atomic E-state index is 13.6. The van der Waals surface area contributed by atoms with E-state index in [9.17, 15) is 19.1 Å². The lowest BCUT2D eigenvalue weighted by Gasteiger charge is -2.26. The van der Waals surface area contributed by atoms with Gasteiger partial charge in [-0.15, -0.1) is 0 Å². The molecule has 1 aliphatic heterocycles. The summed E-state index contributed by atoms with van der Waals surface area (Å²) in [5, 5.41) is 11.2. The average Bonchev–Trinajstić information content (AvgIpc) is 3.03. The van der Waals surface area contributed by atoms with Gasteiger partial charge in [-0.2, -0.15) is 0 Å². The Labute approximate surface area is 186 Å². The second-order valence-electron chi connectivity index (χ2n) is 7.77. The predicted molar refractivity (Wildman–Crippen MR) is 118 cm³/mol. The number of carbonyl (C=O) groups is 2. The second-order valence-corrected chi connectivity index (χ2v) is 7.77. The Balaban J connectivity index is 2.13. The lowest BCUT2D eigenvalue weighted by molar-refractivity contribution is -0.139. The number of aliphatic hydroxyl groups excluding tert-OH is 1. The summed E-state index contributed by atoms with van der Waals surface area (Å²) in [4.78, 5) is 29.4. The van der Waals surface area contributed by atoms with Crippen LogP contribution in [0.5, 0.6) is 11.5 Å². The van der Waals surface area contributed by atoms with Crippen LogP contribution in [-0.2, 0) is 9.59 Å². The topological polar surface area (TPSA) is 79.3 Å². The molecule has 8 heteroatoms. The number of ketones is 1. The van der Waals surface area contributed by atoms with E-state index in [1.54, 1.807) is 18.2 Å². The summed E-state index contributed by atoms with van der Waals surface area (Å²) in [6, 6.07) is 9.49. The minimum Gasteiger partial charge on any atom is -0.507 e. The Bertz CT molecular complexity index is 1030. The van der Waals surface area contributed by atoms with E-state index >= 15 is 0 Å². The van der Waals surface area contributed by atoms with Crippen molar-refractivity contribution in [3.05, 3.63) is 65.0 Å². The minimum atomic E-state index is -0.843. The molecule has 1 fully saturated rings. The van der Waals surface area contributed by atoms with Crippen LogP contribution in [0.4, 0.5) is 4.39 Å². The number of likely N-dealkylation sites (tertiary alicyclic amines) is 1. The Morgan fingerprint density at radius 1 is 1.09 bits per heavy atom. The van der Waals surface area contributed by atoms with Gasteiger partial charge in [0.2, 0.25) is 0 Å². The first-order valence-electron chi connectivity index (χ1n) is 10.2. The number of carbonyl (C=O) groups excluding carboxylic acids is 2. The first-order chi connectivity index (χ1) is 15.3. The fourth-order valence-electron chi connectivity index (χ4n) is 3.80. The zero-order valence-electron chi connectivity index (χ0n) is 18.6. The minimum absolute atomic E-state index is 0.0603. The van der Waals surface area contributed by atoms with Crippen molar-refractivity contribution in [1.29, 1.82) is 0 Å². The molecule has 1 amide bonds. The van der Waals surface area contributed by atoms with Gasteiger partial charge in [0.25, 0.3) is 11.7 Å². The van der Waals surface area contributed by atoms with Gasteiger partial charge in [-0.3, -0.25) is 9.59 Å². The molecule has 1 unspecified atom stereocenters. The summed E-state index contributed by atoms with van der Waals surface area (Å²) < 4.78 is 24.1. The van der Waals surface area contributed by atoms with Crippen LogP contribution < -0.4 is 9.47 Å². The van der Waals surface area contributed by atoms with Gasteiger partial charge < -0.3 is 24.4 Å². The molecule has 1 atom stereocenters. The van der Waals surface area contributed by atoms with Gasteiger partial charge in [0, 0.05) is 12.6 Å². The zero-order chi connectivity index (χ0) is 23.4. The number of methoxy groups -OCH3 is 2. The number of rotatable bonds is 8. The van der Waals surface area contributed by atoms with E-state index in [2.05, 4.69) is 0 Å². The molecule has 0 aliphatic carbocycles. The third-order valence-electron chi connectivity index (χ3n) is 5.39. The maximum absolute atomic E-state index is 13.6. The largest absolute Gasteiger partial charge is 0.507 e. The number of nitrogens with zero attached hydrogens (tertiary/aromatic N) is 2. The molecule has 32 heavy (non-hydrogen) atoms. The number of benzene rings is 2. The maximum Gasteiger partial charge on any atom is 0.295 e. The molecule has 3 rings (SSSR count). The van der Waals surface area contributed by atoms with Crippen molar-refractivity contribution in [3.63, 3.8) is 0 Å². The van der Waals surface area contributed by atoms with Crippen LogP contribution in [-0.4, -0.2) is 68.0 Å². The van der Waals surface area contributed by atoms with Gasteiger partial charge in [0.1, 0.15) is 23.1 Å². The third kappa shape index (κ3) is 4.60. The molecule has 0 bridgehead atoms. The molecule has 0 saturated carbocycles. The summed E-state index contributed by atoms with van der Waals surface area (Å²) in [5.74, 6) is -1.48. The number of hydrogen-bond donors (Lipinski definition) is 1. The molecule has 2 aromatic carbocycles. The molecule has 170 valence electrons. The molecule has 2 aromatic rings. The Hall–Kier alpha value is -3.39. The van der Waals surface area contributed by atoms with E-state index in [0.29, 0.717) is 36.6 Å². The van der Waals surface area contributed by atoms with E-state index in [0.717, 1.165) is 0 Å². The lowest BCUT2D eigenvalue weighted by Crippen LogP contribution is -2.32. The third-order valence-corrected chi connectivity index (χ3v) is 5.39. The summed E-state index contributed by atoms with van der Waals surface area (Å²) in [6.45, 7) is 1.02. The Morgan fingerprint density at radius 3 is 2.38 bits per heavy atom. The first-order valence-corrected chi connectivity index (χ1v) is 10.2. The van der Waals surface area contributed by atoms with Crippen LogP contribution in [0.25, 0.3) is 5.76 Å². The first kappa shape index (κ1) is 23.3. The van der Waals surface area contributed by atoms with Crippen LogP contribution in [0.15, 0.2) is 48.0 Å². The van der Waals surface area contributed by atoms with Crippen LogP contribution in [0.3, 0.4) is 0 Å². The summed E-state index contributed by atoms with van der Waals surface area (Å²) in [6.07, 6.45) is 0.629. The van der Waals surface area contributed by atoms with Gasteiger partial charge in [-0.1, -0.05) is 12.1 Å². The molecule has 1 aliphatic rings. The lowest BCUT2D eigenvalue weighted by atomic mass is 9.95. The van der Waals surface area contributed by atoms with Gasteiger partial charge in [0.05, 0.1) is 31.4 Å². The second kappa shape index (κ2) is 9.82.